The van der Waals surface area contributed by atoms with Crippen molar-refractivity contribution in [3.05, 3.63) is 0 Å². The van der Waals surface area contributed by atoms with Crippen LogP contribution in [0.15, 0.2) is 0 Å². The van der Waals surface area contributed by atoms with Crippen molar-refractivity contribution in [2.45, 2.75) is 18.9 Å². The van der Waals surface area contributed by atoms with Crippen LogP contribution in [0.1, 0.15) is 12.8 Å². The van der Waals surface area contributed by atoms with Gasteiger partial charge < -0.3 is 24.7 Å². The molecule has 0 radical (unpaired) electrons. The lowest BCUT2D eigenvalue weighted by Gasteiger charge is -2.34. The number of carboxylic acids is 1. The molecule has 1 aliphatic rings. The lowest BCUT2D eigenvalue weighted by molar-refractivity contribution is -0.143. The van der Waals surface area contributed by atoms with Crippen molar-refractivity contribution in [1.29, 1.82) is 0 Å². The number of methoxy groups -OCH3 is 1. The molecule has 1 fully saturated rings. The van der Waals surface area contributed by atoms with E-state index in [-0.39, 0.29) is 25.7 Å². The third-order valence-corrected chi connectivity index (χ3v) is 3.21. The Kier molecular flexibility index (Phi) is 6.04. The average molecular weight is 274 g/mol. The molecule has 110 valence electrons. The van der Waals surface area contributed by atoms with E-state index in [4.69, 9.17) is 9.84 Å². The van der Waals surface area contributed by atoms with Crippen molar-refractivity contribution in [2.75, 3.05) is 40.4 Å². The SMILES string of the molecule is COCC(O)CN(C)C(=O)N1CCC[C@@H](C(=O)O)C1. The van der Waals surface area contributed by atoms with Crippen molar-refractivity contribution < 1.29 is 24.5 Å². The Morgan fingerprint density at radius 3 is 2.79 bits per heavy atom. The molecule has 1 saturated heterocycles. The van der Waals surface area contributed by atoms with Crippen molar-refractivity contribution in [1.82, 2.24) is 9.80 Å². The number of carboxylic acid groups (broad SMARTS) is 1. The van der Waals surface area contributed by atoms with Gasteiger partial charge in [-0.25, -0.2) is 4.79 Å². The molecule has 1 aliphatic heterocycles. The van der Waals surface area contributed by atoms with Gasteiger partial charge in [-0.1, -0.05) is 0 Å². The van der Waals surface area contributed by atoms with Gasteiger partial charge in [0, 0.05) is 27.2 Å². The first kappa shape index (κ1) is 15.7. The molecule has 1 rings (SSSR count). The van der Waals surface area contributed by atoms with E-state index in [2.05, 4.69) is 0 Å². The molecule has 2 amide bonds. The number of ether oxygens (including phenoxy) is 1. The third-order valence-electron chi connectivity index (χ3n) is 3.21. The Bertz CT molecular complexity index is 323. The molecule has 0 aromatic carbocycles. The zero-order valence-corrected chi connectivity index (χ0v) is 11.4. The summed E-state index contributed by atoms with van der Waals surface area (Å²) in [4.78, 5) is 26.0. The number of aliphatic hydroxyl groups is 1. The van der Waals surface area contributed by atoms with Crippen molar-refractivity contribution >= 4 is 12.0 Å². The second kappa shape index (κ2) is 7.30. The normalized spacial score (nSPS) is 21.0. The number of carbonyl (C=O) groups is 2. The average Bonchev–Trinajstić information content (AvgIpc) is 2.38. The minimum atomic E-state index is -0.862. The zero-order valence-electron chi connectivity index (χ0n) is 11.4. The molecule has 0 spiro atoms. The lowest BCUT2D eigenvalue weighted by Crippen LogP contribution is -2.49. The van der Waals surface area contributed by atoms with Gasteiger partial charge in [-0.2, -0.15) is 0 Å². The second-order valence-electron chi connectivity index (χ2n) is 4.90. The van der Waals surface area contributed by atoms with Crippen LogP contribution in [0.3, 0.4) is 0 Å². The molecular formula is C12H22N2O5. The highest BCUT2D eigenvalue weighted by molar-refractivity contribution is 5.76. The molecule has 0 saturated carbocycles. The smallest absolute Gasteiger partial charge is 0.319 e. The van der Waals surface area contributed by atoms with Crippen LogP contribution in [0.2, 0.25) is 0 Å². The van der Waals surface area contributed by atoms with Gasteiger partial charge in [-0.05, 0) is 12.8 Å². The Balaban J connectivity index is 2.49. The summed E-state index contributed by atoms with van der Waals surface area (Å²) in [6, 6.07) is -0.249. The first-order valence-electron chi connectivity index (χ1n) is 6.35. The highest BCUT2D eigenvalue weighted by atomic mass is 16.5. The van der Waals surface area contributed by atoms with Gasteiger partial charge in [0.25, 0.3) is 0 Å². The maximum atomic E-state index is 12.1. The standard InChI is InChI=1S/C12H22N2O5/c1-13(7-10(15)8-19-2)12(18)14-5-3-4-9(6-14)11(16)17/h9-10,15H,3-8H2,1-2H3,(H,16,17)/t9-,10?/m1/s1. The highest BCUT2D eigenvalue weighted by Gasteiger charge is 2.29. The van der Waals surface area contributed by atoms with E-state index in [1.165, 1.54) is 16.9 Å². The van der Waals surface area contributed by atoms with Crippen molar-refractivity contribution in [3.8, 4) is 0 Å². The molecule has 7 nitrogen and oxygen atoms in total. The second-order valence-corrected chi connectivity index (χ2v) is 4.90. The number of urea groups is 1. The maximum absolute atomic E-state index is 12.1. The largest absolute Gasteiger partial charge is 0.481 e. The van der Waals surface area contributed by atoms with Gasteiger partial charge in [0.1, 0.15) is 0 Å². The van der Waals surface area contributed by atoms with Crippen LogP contribution in [-0.4, -0.2) is 78.5 Å². The molecule has 0 aromatic heterocycles. The Labute approximate surface area is 112 Å². The zero-order chi connectivity index (χ0) is 14.4. The number of hydrogen-bond acceptors (Lipinski definition) is 4. The summed E-state index contributed by atoms with van der Waals surface area (Å²) in [6.07, 6.45) is 0.561. The van der Waals surface area contributed by atoms with Gasteiger partial charge in [0.05, 0.1) is 25.2 Å². The number of nitrogens with zero attached hydrogens (tertiary/aromatic N) is 2. The first-order chi connectivity index (χ1) is 8.95. The van der Waals surface area contributed by atoms with Crippen molar-refractivity contribution in [3.63, 3.8) is 0 Å². The van der Waals surface area contributed by atoms with Crippen LogP contribution in [0.5, 0.6) is 0 Å². The number of aliphatic carboxylic acids is 1. The summed E-state index contributed by atoms with van der Waals surface area (Å²) in [5.41, 5.74) is 0. The van der Waals surface area contributed by atoms with E-state index in [9.17, 15) is 14.7 Å². The molecule has 2 N–H and O–H groups in total. The molecule has 1 unspecified atom stereocenters. The number of hydrogen-bond donors (Lipinski definition) is 2. The van der Waals surface area contributed by atoms with E-state index in [1.54, 1.807) is 7.05 Å². The fourth-order valence-electron chi connectivity index (χ4n) is 2.23. The van der Waals surface area contributed by atoms with Gasteiger partial charge in [-0.15, -0.1) is 0 Å². The number of amides is 2. The summed E-state index contributed by atoms with van der Waals surface area (Å²) in [7, 11) is 3.07. The Hall–Kier alpha value is -1.34. The monoisotopic (exact) mass is 274 g/mol. The van der Waals surface area contributed by atoms with Crippen LogP contribution in [0, 0.1) is 5.92 Å². The van der Waals surface area contributed by atoms with E-state index in [1.807, 2.05) is 0 Å². The molecule has 0 aliphatic carbocycles. The number of likely N-dealkylation sites (N-methyl/N-ethyl adjacent to an activating group) is 1. The Morgan fingerprint density at radius 2 is 2.21 bits per heavy atom. The minimum Gasteiger partial charge on any atom is -0.481 e. The predicted octanol–water partition coefficient (Wildman–Crippen LogP) is -0.158. The highest BCUT2D eigenvalue weighted by Crippen LogP contribution is 2.17. The quantitative estimate of drug-likeness (QED) is 0.727. The number of aliphatic hydroxyl groups excluding tert-OH is 1. The van der Waals surface area contributed by atoms with E-state index in [0.717, 1.165) is 0 Å². The first-order valence-corrected chi connectivity index (χ1v) is 6.35. The number of rotatable bonds is 5. The topological polar surface area (TPSA) is 90.3 Å². The molecule has 2 atom stereocenters. The summed E-state index contributed by atoms with van der Waals surface area (Å²) in [6.45, 7) is 1.13. The van der Waals surface area contributed by atoms with E-state index >= 15 is 0 Å². The summed E-state index contributed by atoms with van der Waals surface area (Å²) < 4.78 is 4.80. The fraction of sp³-hybridized carbons (Fsp3) is 0.833. The lowest BCUT2D eigenvalue weighted by atomic mass is 9.99. The van der Waals surface area contributed by atoms with Crippen molar-refractivity contribution in [2.24, 2.45) is 5.92 Å². The van der Waals surface area contributed by atoms with Crippen LogP contribution in [0.25, 0.3) is 0 Å². The van der Waals surface area contributed by atoms with E-state index < -0.39 is 18.0 Å². The summed E-state index contributed by atoms with van der Waals surface area (Å²) in [5, 5.41) is 18.6. The maximum Gasteiger partial charge on any atom is 0.319 e. The Morgan fingerprint density at radius 1 is 1.53 bits per heavy atom. The van der Waals surface area contributed by atoms with Gasteiger partial charge in [-0.3, -0.25) is 4.79 Å². The summed E-state index contributed by atoms with van der Waals surface area (Å²) in [5.74, 6) is -1.35. The predicted molar refractivity (Wildman–Crippen MR) is 67.8 cm³/mol. The number of likely N-dealkylation sites (tertiary alicyclic amines) is 1. The van der Waals surface area contributed by atoms with Crippen LogP contribution in [0.4, 0.5) is 4.79 Å². The van der Waals surface area contributed by atoms with Crippen LogP contribution in [-0.2, 0) is 9.53 Å². The molecular weight excluding hydrogens is 252 g/mol. The molecule has 0 bridgehead atoms. The number of carbonyl (C=O) groups excluding carboxylic acids is 1. The van der Waals surface area contributed by atoms with Gasteiger partial charge in [0.2, 0.25) is 0 Å². The third kappa shape index (κ3) is 4.68. The molecule has 1 heterocycles. The van der Waals surface area contributed by atoms with Crippen LogP contribution >= 0.6 is 0 Å². The minimum absolute atomic E-state index is 0.162. The van der Waals surface area contributed by atoms with Gasteiger partial charge in [0.15, 0.2) is 0 Å². The van der Waals surface area contributed by atoms with E-state index in [0.29, 0.717) is 19.4 Å². The molecule has 7 heteroatoms. The molecule has 0 aromatic rings. The summed E-state index contributed by atoms with van der Waals surface area (Å²) >= 11 is 0. The number of piperidine rings is 1. The van der Waals surface area contributed by atoms with Gasteiger partial charge >= 0.3 is 12.0 Å². The molecule has 19 heavy (non-hydrogen) atoms. The fourth-order valence-corrected chi connectivity index (χ4v) is 2.23. The van der Waals surface area contributed by atoms with Crippen LogP contribution < -0.4 is 0 Å².